The van der Waals surface area contributed by atoms with Crippen molar-refractivity contribution >= 4 is 0 Å². The zero-order valence-electron chi connectivity index (χ0n) is 17.0. The van der Waals surface area contributed by atoms with Crippen molar-refractivity contribution in [1.29, 1.82) is 0 Å². The van der Waals surface area contributed by atoms with Crippen molar-refractivity contribution in [1.82, 2.24) is 0 Å². The summed E-state index contributed by atoms with van der Waals surface area (Å²) in [5, 5.41) is 0. The van der Waals surface area contributed by atoms with E-state index in [9.17, 15) is 0 Å². The Morgan fingerprint density at radius 2 is 1.41 bits per heavy atom. The van der Waals surface area contributed by atoms with E-state index in [4.69, 9.17) is 4.74 Å². The molecular formula is C21H43O. The van der Waals surface area contributed by atoms with Crippen molar-refractivity contribution in [3.8, 4) is 0 Å². The molecule has 0 saturated heterocycles. The van der Waals surface area contributed by atoms with Gasteiger partial charge in [-0.25, -0.2) is 0 Å². The minimum absolute atomic E-state index is 0.408. The Hall–Kier alpha value is -0.0400. The van der Waals surface area contributed by atoms with Gasteiger partial charge in [-0.1, -0.05) is 68.7 Å². The molecule has 1 heteroatoms. The monoisotopic (exact) mass is 311 g/mol. The topological polar surface area (TPSA) is 9.23 Å². The molecule has 0 aromatic heterocycles. The number of hydrogen-bond donors (Lipinski definition) is 0. The first-order valence-electron chi connectivity index (χ1n) is 9.30. The van der Waals surface area contributed by atoms with Crippen LogP contribution in [0.3, 0.4) is 0 Å². The molecule has 3 atom stereocenters. The first kappa shape index (κ1) is 22.0. The van der Waals surface area contributed by atoms with Gasteiger partial charge >= 0.3 is 0 Å². The SMILES string of the molecule is C[CH]COCC(CCC(C)CC(C)(C)C)C(C)CC(C)(C)C. The molecule has 0 spiro atoms. The van der Waals surface area contributed by atoms with Crippen LogP contribution < -0.4 is 0 Å². The van der Waals surface area contributed by atoms with Gasteiger partial charge < -0.3 is 4.74 Å². The molecule has 0 aliphatic carbocycles. The molecule has 0 aliphatic rings. The predicted octanol–water partition coefficient (Wildman–Crippen LogP) is 6.77. The van der Waals surface area contributed by atoms with Crippen LogP contribution in [-0.2, 0) is 4.74 Å². The number of hydrogen-bond acceptors (Lipinski definition) is 1. The van der Waals surface area contributed by atoms with Crippen LogP contribution in [-0.4, -0.2) is 13.2 Å². The van der Waals surface area contributed by atoms with Gasteiger partial charge in [0, 0.05) is 13.2 Å². The Labute approximate surface area is 141 Å². The van der Waals surface area contributed by atoms with E-state index in [-0.39, 0.29) is 0 Å². The largest absolute Gasteiger partial charge is 0.381 e. The lowest BCUT2D eigenvalue weighted by Crippen LogP contribution is -2.24. The van der Waals surface area contributed by atoms with Gasteiger partial charge in [0.15, 0.2) is 0 Å². The van der Waals surface area contributed by atoms with Crippen LogP contribution >= 0.6 is 0 Å². The van der Waals surface area contributed by atoms with Gasteiger partial charge in [-0.2, -0.15) is 0 Å². The van der Waals surface area contributed by atoms with Crippen LogP contribution in [0, 0.1) is 35.0 Å². The third kappa shape index (κ3) is 12.5. The van der Waals surface area contributed by atoms with Gasteiger partial charge in [0.1, 0.15) is 0 Å². The molecule has 0 bridgehead atoms. The second kappa shape index (κ2) is 9.96. The fourth-order valence-electron chi connectivity index (χ4n) is 3.65. The minimum Gasteiger partial charge on any atom is -0.381 e. The van der Waals surface area contributed by atoms with Crippen LogP contribution in [0.25, 0.3) is 0 Å². The lowest BCUT2D eigenvalue weighted by atomic mass is 9.76. The predicted molar refractivity (Wildman–Crippen MR) is 100.0 cm³/mol. The standard InChI is InChI=1S/C21H43O/c1-10-13-22-16-19(18(3)15-21(7,8)9)12-11-17(2)14-20(4,5)6/h10,17-19H,11-16H2,1-9H3. The highest BCUT2D eigenvalue weighted by atomic mass is 16.5. The summed E-state index contributed by atoms with van der Waals surface area (Å²) in [6.07, 6.45) is 7.34. The highest BCUT2D eigenvalue weighted by molar-refractivity contribution is 4.75. The van der Waals surface area contributed by atoms with Crippen molar-refractivity contribution in [2.45, 2.75) is 88.0 Å². The molecule has 0 amide bonds. The summed E-state index contributed by atoms with van der Waals surface area (Å²) in [5.74, 6) is 2.24. The third-order valence-electron chi connectivity index (χ3n) is 4.35. The second-order valence-electron chi connectivity index (χ2n) is 9.90. The Balaban J connectivity index is 4.45. The lowest BCUT2D eigenvalue weighted by Gasteiger charge is -2.31. The molecule has 0 heterocycles. The lowest BCUT2D eigenvalue weighted by molar-refractivity contribution is 0.0739. The molecule has 1 radical (unpaired) electrons. The van der Waals surface area contributed by atoms with Crippen molar-refractivity contribution in [3.05, 3.63) is 6.42 Å². The zero-order valence-corrected chi connectivity index (χ0v) is 17.0. The van der Waals surface area contributed by atoms with Gasteiger partial charge in [0.25, 0.3) is 0 Å². The Morgan fingerprint density at radius 1 is 0.864 bits per heavy atom. The summed E-state index contributed by atoms with van der Waals surface area (Å²) in [6.45, 7) is 22.7. The first-order chi connectivity index (χ1) is 9.94. The maximum atomic E-state index is 5.86. The van der Waals surface area contributed by atoms with Gasteiger partial charge in [0.2, 0.25) is 0 Å². The molecule has 22 heavy (non-hydrogen) atoms. The molecule has 0 aromatic carbocycles. The summed E-state index contributed by atoms with van der Waals surface area (Å²) in [5.41, 5.74) is 0.852. The van der Waals surface area contributed by atoms with Crippen molar-refractivity contribution in [2.24, 2.45) is 28.6 Å². The van der Waals surface area contributed by atoms with E-state index < -0.39 is 0 Å². The normalized spacial score (nSPS) is 17.3. The Bertz CT molecular complexity index is 269. The van der Waals surface area contributed by atoms with Crippen LogP contribution in [0.4, 0.5) is 0 Å². The molecule has 0 aromatic rings. The van der Waals surface area contributed by atoms with E-state index in [2.05, 4.69) is 68.7 Å². The van der Waals surface area contributed by atoms with E-state index in [0.717, 1.165) is 25.0 Å². The van der Waals surface area contributed by atoms with Crippen LogP contribution in [0.15, 0.2) is 0 Å². The average Bonchev–Trinajstić information content (AvgIpc) is 2.28. The highest BCUT2D eigenvalue weighted by Crippen LogP contribution is 2.33. The zero-order chi connectivity index (χ0) is 17.4. The Morgan fingerprint density at radius 3 is 1.86 bits per heavy atom. The highest BCUT2D eigenvalue weighted by Gasteiger charge is 2.24. The molecule has 3 unspecified atom stereocenters. The maximum Gasteiger partial charge on any atom is 0.0496 e. The maximum absolute atomic E-state index is 5.86. The van der Waals surface area contributed by atoms with E-state index in [1.165, 1.54) is 25.7 Å². The smallest absolute Gasteiger partial charge is 0.0496 e. The van der Waals surface area contributed by atoms with Crippen LogP contribution in [0.1, 0.15) is 88.0 Å². The van der Waals surface area contributed by atoms with E-state index in [1.807, 2.05) is 0 Å². The molecule has 0 N–H and O–H groups in total. The number of ether oxygens (including phenoxy) is 1. The molecule has 1 nitrogen and oxygen atoms in total. The van der Waals surface area contributed by atoms with Gasteiger partial charge in [-0.05, 0) is 54.3 Å². The van der Waals surface area contributed by atoms with Crippen LogP contribution in [0.2, 0.25) is 0 Å². The summed E-state index contributed by atoms with van der Waals surface area (Å²) in [4.78, 5) is 0. The fourth-order valence-corrected chi connectivity index (χ4v) is 3.65. The van der Waals surface area contributed by atoms with Crippen molar-refractivity contribution < 1.29 is 4.74 Å². The summed E-state index contributed by atoms with van der Waals surface area (Å²) in [7, 11) is 0. The third-order valence-corrected chi connectivity index (χ3v) is 4.35. The second-order valence-corrected chi connectivity index (χ2v) is 9.90. The molecule has 0 saturated carbocycles. The molecule has 0 aliphatic heterocycles. The van der Waals surface area contributed by atoms with Gasteiger partial charge in [0.05, 0.1) is 0 Å². The van der Waals surface area contributed by atoms with Crippen molar-refractivity contribution in [2.75, 3.05) is 13.2 Å². The van der Waals surface area contributed by atoms with Crippen LogP contribution in [0.5, 0.6) is 0 Å². The van der Waals surface area contributed by atoms with E-state index in [1.54, 1.807) is 0 Å². The summed E-state index contributed by atoms with van der Waals surface area (Å²) < 4.78 is 5.86. The van der Waals surface area contributed by atoms with Gasteiger partial charge in [-0.15, -0.1) is 0 Å². The molecular weight excluding hydrogens is 268 g/mol. The number of rotatable bonds is 10. The minimum atomic E-state index is 0.408. The fraction of sp³-hybridized carbons (Fsp3) is 0.952. The molecule has 0 rings (SSSR count). The van der Waals surface area contributed by atoms with E-state index >= 15 is 0 Å². The summed E-state index contributed by atoms with van der Waals surface area (Å²) >= 11 is 0. The van der Waals surface area contributed by atoms with Gasteiger partial charge in [-0.3, -0.25) is 0 Å². The van der Waals surface area contributed by atoms with Crippen molar-refractivity contribution in [3.63, 3.8) is 0 Å². The quantitative estimate of drug-likeness (QED) is 0.405. The summed E-state index contributed by atoms with van der Waals surface area (Å²) in [6, 6.07) is 0. The average molecular weight is 312 g/mol. The Kier molecular flexibility index (Phi) is 9.94. The first-order valence-corrected chi connectivity index (χ1v) is 9.30. The van der Waals surface area contributed by atoms with E-state index in [0.29, 0.717) is 16.7 Å². The molecule has 133 valence electrons. The molecule has 0 fully saturated rings.